The van der Waals surface area contributed by atoms with Crippen molar-refractivity contribution in [2.75, 3.05) is 13.6 Å². The second kappa shape index (κ2) is 11.4. The summed E-state index contributed by atoms with van der Waals surface area (Å²) in [6.07, 6.45) is 2.66. The van der Waals surface area contributed by atoms with Gasteiger partial charge in [0, 0.05) is 36.3 Å². The predicted octanol–water partition coefficient (Wildman–Crippen LogP) is 6.39. The van der Waals surface area contributed by atoms with Gasteiger partial charge in [0.25, 0.3) is 5.91 Å². The lowest BCUT2D eigenvalue weighted by Gasteiger charge is -2.19. The molecule has 0 aliphatic heterocycles. The van der Waals surface area contributed by atoms with Gasteiger partial charge < -0.3 is 4.90 Å². The Balaban J connectivity index is 2.84. The number of benzene rings is 1. The Labute approximate surface area is 182 Å². The summed E-state index contributed by atoms with van der Waals surface area (Å²) in [5.74, 6) is -0.0713. The summed E-state index contributed by atoms with van der Waals surface area (Å²) in [7, 11) is 1.80. The number of hydrogen-bond donors (Lipinski definition) is 0. The monoisotopic (exact) mass is 407 g/mol. The van der Waals surface area contributed by atoms with Crippen molar-refractivity contribution in [3.63, 3.8) is 0 Å². The summed E-state index contributed by atoms with van der Waals surface area (Å²) in [5.41, 5.74) is 9.01. The molecular weight excluding hydrogens is 370 g/mol. The Bertz CT molecular complexity index is 922. The van der Waals surface area contributed by atoms with Gasteiger partial charge in [0.05, 0.1) is 5.69 Å². The van der Waals surface area contributed by atoms with Gasteiger partial charge in [-0.3, -0.25) is 14.8 Å². The first kappa shape index (κ1) is 25.3. The Kier molecular flexibility index (Phi) is 9.64. The molecule has 0 aromatic heterocycles. The van der Waals surface area contributed by atoms with Crippen LogP contribution < -0.4 is 0 Å². The zero-order chi connectivity index (χ0) is 23.0. The van der Waals surface area contributed by atoms with Crippen molar-refractivity contribution in [3.8, 4) is 0 Å². The van der Waals surface area contributed by atoms with E-state index in [1.54, 1.807) is 11.9 Å². The van der Waals surface area contributed by atoms with Crippen LogP contribution in [0.25, 0.3) is 0 Å². The number of aryl methyl sites for hydroxylation is 1. The van der Waals surface area contributed by atoms with Crippen LogP contribution in [0.1, 0.15) is 59.6 Å². The lowest BCUT2D eigenvalue weighted by molar-refractivity contribution is -0.125. The molecule has 0 saturated carbocycles. The highest BCUT2D eigenvalue weighted by atomic mass is 16.2. The van der Waals surface area contributed by atoms with Crippen molar-refractivity contribution in [1.82, 2.24) is 4.90 Å². The minimum absolute atomic E-state index is 0.0713. The molecule has 0 radical (unpaired) electrons. The normalized spacial score (nSPS) is 12.1. The molecule has 4 nitrogen and oxygen atoms in total. The van der Waals surface area contributed by atoms with Crippen LogP contribution in [0.2, 0.25) is 0 Å². The molecule has 0 aliphatic carbocycles. The van der Waals surface area contributed by atoms with E-state index in [1.807, 2.05) is 54.5 Å². The van der Waals surface area contributed by atoms with Gasteiger partial charge in [-0.25, -0.2) is 0 Å². The van der Waals surface area contributed by atoms with Crippen LogP contribution in [0.15, 0.2) is 63.3 Å². The van der Waals surface area contributed by atoms with E-state index in [1.165, 1.54) is 5.56 Å². The number of allylic oxidation sites excluding steroid dienone is 2. The third-order valence-corrected chi connectivity index (χ3v) is 4.61. The average molecular weight is 408 g/mol. The van der Waals surface area contributed by atoms with Crippen LogP contribution in [0.3, 0.4) is 0 Å². The number of carbonyl (C=O) groups excluding carboxylic acids is 1. The Morgan fingerprint density at radius 3 is 2.23 bits per heavy atom. The molecule has 0 atom stereocenters. The Hall–Kier alpha value is -2.75. The average Bonchev–Trinajstić information content (AvgIpc) is 2.62. The zero-order valence-corrected chi connectivity index (χ0v) is 20.2. The maximum absolute atomic E-state index is 12.7. The molecule has 4 heteroatoms. The van der Waals surface area contributed by atoms with Crippen molar-refractivity contribution in [2.24, 2.45) is 9.98 Å². The van der Waals surface area contributed by atoms with E-state index in [0.717, 1.165) is 45.9 Å². The van der Waals surface area contributed by atoms with Crippen molar-refractivity contribution in [3.05, 3.63) is 64.4 Å². The maximum atomic E-state index is 12.7. The number of nitrogens with zero attached hydrogens (tertiary/aromatic N) is 3. The molecular formula is C26H37N3O. The first-order valence-corrected chi connectivity index (χ1v) is 10.3. The van der Waals surface area contributed by atoms with Crippen LogP contribution in [-0.4, -0.2) is 35.8 Å². The molecule has 0 bridgehead atoms. The van der Waals surface area contributed by atoms with Gasteiger partial charge in [0.2, 0.25) is 0 Å². The third-order valence-electron chi connectivity index (χ3n) is 4.61. The highest BCUT2D eigenvalue weighted by molar-refractivity contribution is 5.95. The maximum Gasteiger partial charge on any atom is 0.253 e. The van der Waals surface area contributed by atoms with Crippen LogP contribution in [0.5, 0.6) is 0 Å². The van der Waals surface area contributed by atoms with Crippen molar-refractivity contribution >= 4 is 23.0 Å². The molecule has 0 N–H and O–H groups in total. The van der Waals surface area contributed by atoms with Crippen molar-refractivity contribution in [2.45, 2.75) is 61.8 Å². The van der Waals surface area contributed by atoms with Gasteiger partial charge in [0.15, 0.2) is 0 Å². The molecule has 1 aromatic carbocycles. The van der Waals surface area contributed by atoms with E-state index in [4.69, 9.17) is 0 Å². The van der Waals surface area contributed by atoms with E-state index in [9.17, 15) is 4.79 Å². The number of hydrogen-bond acceptors (Lipinski definition) is 3. The Morgan fingerprint density at radius 1 is 1.07 bits per heavy atom. The first-order valence-electron chi connectivity index (χ1n) is 10.3. The molecule has 0 saturated heterocycles. The van der Waals surface area contributed by atoms with E-state index in [2.05, 4.69) is 41.7 Å². The Morgan fingerprint density at radius 2 is 1.70 bits per heavy atom. The first-order chi connectivity index (χ1) is 13.9. The fraction of sp³-hybridized carbons (Fsp3) is 0.423. The highest BCUT2D eigenvalue weighted by Crippen LogP contribution is 2.22. The summed E-state index contributed by atoms with van der Waals surface area (Å²) in [5, 5.41) is 0. The summed E-state index contributed by atoms with van der Waals surface area (Å²) in [6, 6.07) is 6.30. The number of likely N-dealkylation sites (N-methyl/N-ethyl adjacent to an activating group) is 1. The predicted molar refractivity (Wildman–Crippen MR) is 131 cm³/mol. The quantitative estimate of drug-likeness (QED) is 0.280. The minimum atomic E-state index is -0.0713. The van der Waals surface area contributed by atoms with Gasteiger partial charge in [-0.05, 0) is 84.6 Å². The molecule has 0 spiro atoms. The summed E-state index contributed by atoms with van der Waals surface area (Å²) in [4.78, 5) is 23.4. The van der Waals surface area contributed by atoms with Gasteiger partial charge in [-0.1, -0.05) is 30.4 Å². The van der Waals surface area contributed by atoms with Gasteiger partial charge >= 0.3 is 0 Å². The molecule has 0 unspecified atom stereocenters. The second-order valence-electron chi connectivity index (χ2n) is 8.46. The molecule has 162 valence electrons. The van der Waals surface area contributed by atoms with Crippen LogP contribution >= 0.6 is 0 Å². The van der Waals surface area contributed by atoms with Crippen LogP contribution in [0.4, 0.5) is 5.69 Å². The lowest BCUT2D eigenvalue weighted by Crippen LogP contribution is -2.29. The van der Waals surface area contributed by atoms with Gasteiger partial charge in [0.1, 0.15) is 0 Å². The third kappa shape index (κ3) is 8.32. The van der Waals surface area contributed by atoms with E-state index < -0.39 is 0 Å². The van der Waals surface area contributed by atoms with Crippen LogP contribution in [0, 0.1) is 6.92 Å². The SMILES string of the molecule is C=C(/C=C(\C)Cc1ccc(N=C(C)C)c(C)c1)C(=O)N(C)C/C(C)=C(\C)N=C(C)C. The molecule has 1 rings (SSSR count). The van der Waals surface area contributed by atoms with E-state index >= 15 is 0 Å². The fourth-order valence-corrected chi connectivity index (χ4v) is 3.14. The van der Waals surface area contributed by atoms with E-state index in [0.29, 0.717) is 12.1 Å². The number of amides is 1. The summed E-state index contributed by atoms with van der Waals surface area (Å²) < 4.78 is 0. The lowest BCUT2D eigenvalue weighted by atomic mass is 10.0. The fourth-order valence-electron chi connectivity index (χ4n) is 3.14. The molecule has 0 heterocycles. The highest BCUT2D eigenvalue weighted by Gasteiger charge is 2.13. The number of rotatable bonds is 8. The van der Waals surface area contributed by atoms with Crippen molar-refractivity contribution in [1.29, 1.82) is 0 Å². The minimum Gasteiger partial charge on any atom is -0.338 e. The summed E-state index contributed by atoms with van der Waals surface area (Å²) >= 11 is 0. The van der Waals surface area contributed by atoms with Gasteiger partial charge in [-0.2, -0.15) is 0 Å². The zero-order valence-electron chi connectivity index (χ0n) is 20.2. The number of carbonyl (C=O) groups is 1. The van der Waals surface area contributed by atoms with Crippen LogP contribution in [-0.2, 0) is 11.2 Å². The molecule has 1 amide bonds. The van der Waals surface area contributed by atoms with Gasteiger partial charge in [-0.15, -0.1) is 0 Å². The summed E-state index contributed by atoms with van der Waals surface area (Å²) in [6.45, 7) is 20.5. The topological polar surface area (TPSA) is 45.0 Å². The molecule has 1 aromatic rings. The standard InChI is InChI=1S/C26H37N3O/c1-17(2)27-23(9)22(8)16-29(10)26(30)21(7)13-19(5)14-24-11-12-25(20(6)15-24)28-18(3)4/h11-13,15H,7,14,16H2,1-6,8-10H3/b19-13+,23-22+. The smallest absolute Gasteiger partial charge is 0.253 e. The van der Waals surface area contributed by atoms with E-state index in [-0.39, 0.29) is 5.91 Å². The second-order valence-corrected chi connectivity index (χ2v) is 8.46. The molecule has 0 fully saturated rings. The molecule has 30 heavy (non-hydrogen) atoms. The number of aliphatic imine (C=N–C) groups is 2. The molecule has 0 aliphatic rings. The van der Waals surface area contributed by atoms with Crippen molar-refractivity contribution < 1.29 is 4.79 Å². The largest absolute Gasteiger partial charge is 0.338 e.